The second kappa shape index (κ2) is 10.4. The monoisotopic (exact) mass is 468 g/mol. The molecule has 1 saturated heterocycles. The molecule has 4 N–H and O–H groups in total. The van der Waals surface area contributed by atoms with Crippen LogP contribution in [0.25, 0.3) is 16.6 Å². The van der Waals surface area contributed by atoms with E-state index >= 15 is 0 Å². The van der Waals surface area contributed by atoms with Gasteiger partial charge < -0.3 is 16.4 Å². The van der Waals surface area contributed by atoms with Crippen molar-refractivity contribution in [1.82, 2.24) is 30.4 Å². The van der Waals surface area contributed by atoms with E-state index in [4.69, 9.17) is 5.73 Å². The van der Waals surface area contributed by atoms with E-state index in [1.807, 2.05) is 30.5 Å². The van der Waals surface area contributed by atoms with Gasteiger partial charge in [-0.3, -0.25) is 9.88 Å². The number of hydrogen-bond donors (Lipinski definition) is 3. The number of alkyl halides is 2. The van der Waals surface area contributed by atoms with Gasteiger partial charge in [0, 0.05) is 37.6 Å². The summed E-state index contributed by atoms with van der Waals surface area (Å²) in [6.07, 6.45) is 6.18. The highest BCUT2D eigenvalue weighted by Crippen LogP contribution is 2.26. The number of fused-ring (bicyclic) bond motifs is 1. The van der Waals surface area contributed by atoms with E-state index in [-0.39, 0.29) is 13.1 Å². The number of nitrogens with two attached hydrogens (primary N) is 1. The average molecular weight is 469 g/mol. The standard InChI is InChI=1S/C24H30F2N8/c1-16(2)17-9-23(33-30-13-17)32-22-5-4-20-21(31-22)8-18(12-29-20)19(10-27)11-28-6-3-7-34-14-24(25,26)15-34/h4-5,8-9,11-13,16,28H,3,6-7,10,14-15,27H2,1-2H3,(H,31,32,33)/b19-11+. The van der Waals surface area contributed by atoms with Crippen molar-refractivity contribution >= 4 is 28.2 Å². The van der Waals surface area contributed by atoms with Crippen LogP contribution in [-0.4, -0.2) is 63.7 Å². The average Bonchev–Trinajstić information content (AvgIpc) is 2.80. The number of anilines is 2. The molecule has 0 bridgehead atoms. The summed E-state index contributed by atoms with van der Waals surface area (Å²) < 4.78 is 25.8. The maximum Gasteiger partial charge on any atom is 0.272 e. The summed E-state index contributed by atoms with van der Waals surface area (Å²) in [5, 5.41) is 14.6. The Balaban J connectivity index is 1.40. The van der Waals surface area contributed by atoms with Crippen LogP contribution >= 0.6 is 0 Å². The van der Waals surface area contributed by atoms with Crippen LogP contribution in [0.2, 0.25) is 0 Å². The van der Waals surface area contributed by atoms with Crippen molar-refractivity contribution in [2.45, 2.75) is 32.1 Å². The normalized spacial score (nSPS) is 16.0. The fourth-order valence-electron chi connectivity index (χ4n) is 3.77. The van der Waals surface area contributed by atoms with Crippen molar-refractivity contribution in [1.29, 1.82) is 0 Å². The van der Waals surface area contributed by atoms with Gasteiger partial charge in [-0.25, -0.2) is 13.8 Å². The van der Waals surface area contributed by atoms with Gasteiger partial charge in [0.15, 0.2) is 5.82 Å². The molecule has 34 heavy (non-hydrogen) atoms. The lowest BCUT2D eigenvalue weighted by Gasteiger charge is -2.38. The Labute approximate surface area is 197 Å². The van der Waals surface area contributed by atoms with Crippen molar-refractivity contribution < 1.29 is 8.78 Å². The van der Waals surface area contributed by atoms with Crippen LogP contribution in [0, 0.1) is 0 Å². The zero-order valence-corrected chi connectivity index (χ0v) is 19.4. The molecule has 1 aliphatic rings. The smallest absolute Gasteiger partial charge is 0.272 e. The summed E-state index contributed by atoms with van der Waals surface area (Å²) >= 11 is 0. The first-order chi connectivity index (χ1) is 16.3. The van der Waals surface area contributed by atoms with E-state index in [9.17, 15) is 8.78 Å². The number of pyridine rings is 2. The van der Waals surface area contributed by atoms with Gasteiger partial charge in [0.25, 0.3) is 5.92 Å². The maximum atomic E-state index is 12.9. The first-order valence-electron chi connectivity index (χ1n) is 11.4. The van der Waals surface area contributed by atoms with Crippen molar-refractivity contribution in [3.05, 3.63) is 54.0 Å². The summed E-state index contributed by atoms with van der Waals surface area (Å²) in [6, 6.07) is 7.67. The van der Waals surface area contributed by atoms with Crippen LogP contribution in [0.15, 0.2) is 42.9 Å². The maximum absolute atomic E-state index is 12.9. The largest absolute Gasteiger partial charge is 0.391 e. The topological polar surface area (TPSA) is 105 Å². The molecule has 0 aliphatic carbocycles. The van der Waals surface area contributed by atoms with Gasteiger partial charge in [0.2, 0.25) is 0 Å². The molecule has 1 fully saturated rings. The lowest BCUT2D eigenvalue weighted by Crippen LogP contribution is -2.56. The van der Waals surface area contributed by atoms with Gasteiger partial charge in [0.1, 0.15) is 5.82 Å². The zero-order valence-electron chi connectivity index (χ0n) is 19.4. The van der Waals surface area contributed by atoms with Crippen LogP contribution in [0.1, 0.15) is 37.3 Å². The van der Waals surface area contributed by atoms with Crippen LogP contribution < -0.4 is 16.4 Å². The van der Waals surface area contributed by atoms with Gasteiger partial charge in [-0.15, -0.1) is 5.10 Å². The number of halogens is 2. The third-order valence-electron chi connectivity index (χ3n) is 5.71. The predicted octanol–water partition coefficient (Wildman–Crippen LogP) is 3.52. The Bertz CT molecular complexity index is 1160. The van der Waals surface area contributed by atoms with Crippen molar-refractivity contribution in [3.63, 3.8) is 0 Å². The van der Waals surface area contributed by atoms with Crippen molar-refractivity contribution in [2.75, 3.05) is 38.0 Å². The first-order valence-corrected chi connectivity index (χ1v) is 11.4. The summed E-state index contributed by atoms with van der Waals surface area (Å²) in [5.41, 5.74) is 10.3. The molecule has 10 heteroatoms. The molecular weight excluding hydrogens is 438 g/mol. The fraction of sp³-hybridized carbons (Fsp3) is 0.417. The van der Waals surface area contributed by atoms with Crippen LogP contribution in [-0.2, 0) is 0 Å². The molecule has 180 valence electrons. The number of hydrogen-bond acceptors (Lipinski definition) is 8. The fourth-order valence-corrected chi connectivity index (χ4v) is 3.77. The number of nitrogens with zero attached hydrogens (tertiary/aromatic N) is 5. The van der Waals surface area contributed by atoms with E-state index in [2.05, 4.69) is 44.6 Å². The molecule has 3 aromatic rings. The summed E-state index contributed by atoms with van der Waals surface area (Å²) in [4.78, 5) is 11.0. The molecule has 0 atom stereocenters. The lowest BCUT2D eigenvalue weighted by atomic mass is 10.1. The summed E-state index contributed by atoms with van der Waals surface area (Å²) in [7, 11) is 0. The minimum Gasteiger partial charge on any atom is -0.391 e. The Morgan fingerprint density at radius 1 is 1.18 bits per heavy atom. The van der Waals surface area contributed by atoms with Gasteiger partial charge in [-0.1, -0.05) is 13.8 Å². The molecule has 0 amide bonds. The van der Waals surface area contributed by atoms with Gasteiger partial charge in [0.05, 0.1) is 30.3 Å². The highest BCUT2D eigenvalue weighted by Gasteiger charge is 2.43. The second-order valence-electron chi connectivity index (χ2n) is 8.86. The molecule has 0 spiro atoms. The van der Waals surface area contributed by atoms with E-state index in [0.29, 0.717) is 37.2 Å². The molecule has 4 heterocycles. The molecule has 0 aromatic carbocycles. The Hall–Kier alpha value is -3.24. The summed E-state index contributed by atoms with van der Waals surface area (Å²) in [6.45, 7) is 5.58. The van der Waals surface area contributed by atoms with Gasteiger partial charge in [-0.2, -0.15) is 5.10 Å². The van der Waals surface area contributed by atoms with E-state index in [1.165, 1.54) is 0 Å². The minimum absolute atomic E-state index is 0.140. The third-order valence-corrected chi connectivity index (χ3v) is 5.71. The molecule has 8 nitrogen and oxygen atoms in total. The minimum atomic E-state index is -2.52. The van der Waals surface area contributed by atoms with Gasteiger partial charge >= 0.3 is 0 Å². The number of rotatable bonds is 10. The van der Waals surface area contributed by atoms with E-state index in [1.54, 1.807) is 17.3 Å². The molecule has 4 rings (SSSR count). The predicted molar refractivity (Wildman–Crippen MR) is 130 cm³/mol. The molecular formula is C24H30F2N8. The highest BCUT2D eigenvalue weighted by atomic mass is 19.3. The Kier molecular flexibility index (Phi) is 7.28. The molecule has 3 aromatic heterocycles. The third kappa shape index (κ3) is 6.00. The van der Waals surface area contributed by atoms with Crippen LogP contribution in [0.4, 0.5) is 20.4 Å². The highest BCUT2D eigenvalue weighted by molar-refractivity contribution is 5.81. The Morgan fingerprint density at radius 2 is 2.00 bits per heavy atom. The summed E-state index contributed by atoms with van der Waals surface area (Å²) in [5.74, 6) is -0.883. The van der Waals surface area contributed by atoms with Crippen molar-refractivity contribution in [2.24, 2.45) is 5.73 Å². The number of likely N-dealkylation sites (tertiary alicyclic amines) is 1. The molecule has 0 unspecified atom stereocenters. The van der Waals surface area contributed by atoms with Crippen LogP contribution in [0.3, 0.4) is 0 Å². The second-order valence-corrected chi connectivity index (χ2v) is 8.86. The lowest BCUT2D eigenvalue weighted by molar-refractivity contribution is -0.130. The molecule has 0 radical (unpaired) electrons. The quantitative estimate of drug-likeness (QED) is 0.388. The van der Waals surface area contributed by atoms with E-state index < -0.39 is 5.92 Å². The zero-order chi connectivity index (χ0) is 24.1. The van der Waals surface area contributed by atoms with Crippen molar-refractivity contribution in [3.8, 4) is 0 Å². The van der Waals surface area contributed by atoms with E-state index in [0.717, 1.165) is 34.2 Å². The number of nitrogens with one attached hydrogen (secondary N) is 2. The van der Waals surface area contributed by atoms with Crippen LogP contribution in [0.5, 0.6) is 0 Å². The SMILES string of the molecule is CC(C)c1cnnc(Nc2ccc3ncc(/C(=C/NCCCN4CC(F)(F)C4)CN)cc3n2)c1. The molecule has 1 aliphatic heterocycles. The number of aromatic nitrogens is 4. The Morgan fingerprint density at radius 3 is 2.74 bits per heavy atom. The first kappa shape index (κ1) is 23.9. The van der Waals surface area contributed by atoms with Gasteiger partial charge in [-0.05, 0) is 47.7 Å². The molecule has 0 saturated carbocycles.